The number of nitrogens with one attached hydrogen (secondary N) is 1. The SMILES string of the molecule is CCOc1cccc(-c2ccc(NC3(C(=O)O)CCC(F)(F)CC3)cc2CCC2CC2)c1C. The average molecular weight is 458 g/mol. The van der Waals surface area contributed by atoms with Crippen molar-refractivity contribution in [2.45, 2.75) is 76.7 Å². The molecule has 4 rings (SSSR count). The minimum Gasteiger partial charge on any atom is -0.494 e. The summed E-state index contributed by atoms with van der Waals surface area (Å²) in [6, 6.07) is 12.0. The van der Waals surface area contributed by atoms with Crippen LogP contribution < -0.4 is 10.1 Å². The third-order valence-corrected chi connectivity index (χ3v) is 7.13. The predicted octanol–water partition coefficient (Wildman–Crippen LogP) is 6.85. The van der Waals surface area contributed by atoms with E-state index < -0.39 is 30.3 Å². The van der Waals surface area contributed by atoms with Gasteiger partial charge in [0.2, 0.25) is 5.92 Å². The molecule has 2 aliphatic rings. The van der Waals surface area contributed by atoms with Crippen LogP contribution in [0.25, 0.3) is 11.1 Å². The zero-order valence-electron chi connectivity index (χ0n) is 19.4. The van der Waals surface area contributed by atoms with Gasteiger partial charge in [0, 0.05) is 18.5 Å². The van der Waals surface area contributed by atoms with Crippen molar-refractivity contribution < 1.29 is 23.4 Å². The van der Waals surface area contributed by atoms with Crippen LogP contribution in [0.4, 0.5) is 14.5 Å². The summed E-state index contributed by atoms with van der Waals surface area (Å²) >= 11 is 0. The van der Waals surface area contributed by atoms with Gasteiger partial charge in [-0.2, -0.15) is 0 Å². The predicted molar refractivity (Wildman–Crippen MR) is 126 cm³/mol. The van der Waals surface area contributed by atoms with Gasteiger partial charge >= 0.3 is 5.97 Å². The molecule has 0 radical (unpaired) electrons. The van der Waals surface area contributed by atoms with Crippen molar-refractivity contribution in [3.8, 4) is 16.9 Å². The number of rotatable bonds is 9. The van der Waals surface area contributed by atoms with Crippen molar-refractivity contribution in [2.24, 2.45) is 5.92 Å². The van der Waals surface area contributed by atoms with Gasteiger partial charge in [-0.25, -0.2) is 13.6 Å². The minimum absolute atomic E-state index is 0.0933. The average Bonchev–Trinajstić information content (AvgIpc) is 3.60. The van der Waals surface area contributed by atoms with Gasteiger partial charge < -0.3 is 15.2 Å². The maximum absolute atomic E-state index is 13.7. The number of carbonyl (C=O) groups is 1. The molecule has 0 aromatic heterocycles. The molecule has 0 amide bonds. The molecular weight excluding hydrogens is 424 g/mol. The van der Waals surface area contributed by atoms with Gasteiger partial charge in [-0.05, 0) is 85.9 Å². The van der Waals surface area contributed by atoms with Gasteiger partial charge in [0.15, 0.2) is 0 Å². The Morgan fingerprint density at radius 2 is 1.85 bits per heavy atom. The first-order valence-corrected chi connectivity index (χ1v) is 12.0. The fourth-order valence-corrected chi connectivity index (χ4v) is 4.84. The van der Waals surface area contributed by atoms with Crippen molar-refractivity contribution in [1.29, 1.82) is 0 Å². The lowest BCUT2D eigenvalue weighted by Crippen LogP contribution is -2.51. The molecule has 0 spiro atoms. The standard InChI is InChI=1S/C27H33F2NO3/c1-3-33-24-6-4-5-22(18(24)2)23-12-11-21(17-20(23)10-9-19-7-8-19)30-26(25(31)32)13-15-27(28,29)16-14-26/h4-6,11-12,17,19,30H,3,7-10,13-16H2,1-2H3,(H,31,32). The minimum atomic E-state index is -2.79. The Morgan fingerprint density at radius 3 is 2.48 bits per heavy atom. The maximum Gasteiger partial charge on any atom is 0.329 e. The molecule has 0 saturated heterocycles. The number of hydrogen-bond acceptors (Lipinski definition) is 3. The highest BCUT2D eigenvalue weighted by atomic mass is 19.3. The van der Waals surface area contributed by atoms with Crippen LogP contribution in [0.15, 0.2) is 36.4 Å². The van der Waals surface area contributed by atoms with Crippen molar-refractivity contribution in [2.75, 3.05) is 11.9 Å². The van der Waals surface area contributed by atoms with Gasteiger partial charge in [0.25, 0.3) is 0 Å². The van der Waals surface area contributed by atoms with Crippen molar-refractivity contribution in [3.05, 3.63) is 47.5 Å². The summed E-state index contributed by atoms with van der Waals surface area (Å²) in [6.45, 7) is 4.61. The Morgan fingerprint density at radius 1 is 1.12 bits per heavy atom. The molecular formula is C27H33F2NO3. The summed E-state index contributed by atoms with van der Waals surface area (Å²) < 4.78 is 33.3. The second-order valence-corrected chi connectivity index (χ2v) is 9.58. The van der Waals surface area contributed by atoms with E-state index in [2.05, 4.69) is 18.3 Å². The number of ether oxygens (including phenoxy) is 1. The quantitative estimate of drug-likeness (QED) is 0.432. The molecule has 0 unspecified atom stereocenters. The molecule has 2 fully saturated rings. The topological polar surface area (TPSA) is 58.6 Å². The number of aryl methyl sites for hydroxylation is 1. The number of halogens is 2. The third kappa shape index (κ3) is 5.31. The lowest BCUT2D eigenvalue weighted by molar-refractivity contribution is -0.146. The molecule has 6 heteroatoms. The smallest absolute Gasteiger partial charge is 0.329 e. The first-order chi connectivity index (χ1) is 15.7. The van der Waals surface area contributed by atoms with E-state index in [0.29, 0.717) is 12.3 Å². The van der Waals surface area contributed by atoms with E-state index >= 15 is 0 Å². The number of carboxylic acid groups (broad SMARTS) is 1. The highest BCUT2D eigenvalue weighted by molar-refractivity contribution is 5.84. The Labute approximate surface area is 194 Å². The van der Waals surface area contributed by atoms with Crippen molar-refractivity contribution in [3.63, 3.8) is 0 Å². The molecule has 33 heavy (non-hydrogen) atoms. The van der Waals surface area contributed by atoms with Crippen LogP contribution in [0.3, 0.4) is 0 Å². The van der Waals surface area contributed by atoms with Crippen LogP contribution in [0.5, 0.6) is 5.75 Å². The van der Waals surface area contributed by atoms with Gasteiger partial charge in [-0.3, -0.25) is 0 Å². The third-order valence-electron chi connectivity index (χ3n) is 7.13. The fraction of sp³-hybridized carbons (Fsp3) is 0.519. The van der Waals surface area contributed by atoms with Gasteiger partial charge in [0.1, 0.15) is 11.3 Å². The van der Waals surface area contributed by atoms with Crippen LogP contribution in [0, 0.1) is 12.8 Å². The van der Waals surface area contributed by atoms with E-state index in [4.69, 9.17) is 4.74 Å². The zero-order chi connectivity index (χ0) is 23.6. The monoisotopic (exact) mass is 457 g/mol. The first-order valence-electron chi connectivity index (χ1n) is 12.0. The molecule has 2 aromatic rings. The molecule has 4 nitrogen and oxygen atoms in total. The summed E-state index contributed by atoms with van der Waals surface area (Å²) in [4.78, 5) is 12.1. The number of anilines is 1. The lowest BCUT2D eigenvalue weighted by atomic mass is 9.79. The van der Waals surface area contributed by atoms with Gasteiger partial charge in [-0.1, -0.05) is 31.0 Å². The second-order valence-electron chi connectivity index (χ2n) is 9.58. The van der Waals surface area contributed by atoms with Crippen LogP contribution in [0.1, 0.15) is 63.0 Å². The fourth-order valence-electron chi connectivity index (χ4n) is 4.84. The molecule has 0 aliphatic heterocycles. The molecule has 0 atom stereocenters. The summed E-state index contributed by atoms with van der Waals surface area (Å²) in [5.41, 5.74) is 3.75. The molecule has 2 saturated carbocycles. The van der Waals surface area contributed by atoms with Crippen LogP contribution in [-0.4, -0.2) is 29.1 Å². The van der Waals surface area contributed by atoms with Crippen molar-refractivity contribution >= 4 is 11.7 Å². The zero-order valence-corrected chi connectivity index (χ0v) is 19.4. The molecule has 2 N–H and O–H groups in total. The highest BCUT2D eigenvalue weighted by Crippen LogP contribution is 2.42. The van der Waals surface area contributed by atoms with E-state index in [9.17, 15) is 18.7 Å². The van der Waals surface area contributed by atoms with Crippen LogP contribution in [0.2, 0.25) is 0 Å². The Hall–Kier alpha value is -2.63. The van der Waals surface area contributed by atoms with E-state index in [-0.39, 0.29) is 12.8 Å². The summed E-state index contributed by atoms with van der Waals surface area (Å²) in [5.74, 6) is -2.24. The molecule has 0 heterocycles. The van der Waals surface area contributed by atoms with E-state index in [1.165, 1.54) is 12.8 Å². The second kappa shape index (κ2) is 9.32. The largest absolute Gasteiger partial charge is 0.494 e. The number of aliphatic carboxylic acids is 1. The van der Waals surface area contributed by atoms with E-state index in [1.54, 1.807) is 0 Å². The normalized spacial score (nSPS) is 19.2. The van der Waals surface area contributed by atoms with Crippen LogP contribution in [-0.2, 0) is 11.2 Å². The maximum atomic E-state index is 13.7. The molecule has 0 bridgehead atoms. The summed E-state index contributed by atoms with van der Waals surface area (Å²) in [5, 5.41) is 13.0. The number of carboxylic acids is 1. The molecule has 2 aromatic carbocycles. The highest BCUT2D eigenvalue weighted by Gasteiger charge is 2.48. The Balaban J connectivity index is 1.66. The lowest BCUT2D eigenvalue weighted by Gasteiger charge is -2.38. The first kappa shape index (κ1) is 23.5. The molecule has 178 valence electrons. The summed E-state index contributed by atoms with van der Waals surface area (Å²) in [6.07, 6.45) is 3.51. The summed E-state index contributed by atoms with van der Waals surface area (Å²) in [7, 11) is 0. The Kier molecular flexibility index (Phi) is 6.64. The van der Waals surface area contributed by atoms with E-state index in [1.807, 2.05) is 37.3 Å². The van der Waals surface area contributed by atoms with Gasteiger partial charge in [-0.15, -0.1) is 0 Å². The Bertz CT molecular complexity index is 1010. The van der Waals surface area contributed by atoms with Crippen molar-refractivity contribution in [1.82, 2.24) is 0 Å². The number of alkyl halides is 2. The van der Waals surface area contributed by atoms with Crippen LogP contribution >= 0.6 is 0 Å². The number of hydrogen-bond donors (Lipinski definition) is 2. The molecule has 2 aliphatic carbocycles. The number of benzene rings is 2. The van der Waals surface area contributed by atoms with Gasteiger partial charge in [0.05, 0.1) is 6.61 Å². The van der Waals surface area contributed by atoms with E-state index in [0.717, 1.165) is 46.8 Å².